The molecule has 0 saturated heterocycles. The van der Waals surface area contributed by atoms with Gasteiger partial charge in [0.05, 0.1) is 0 Å². The SMILES string of the molecule is CCCCCn1c(=O)c2c(nc3n2CC(C)CN3C2CCCCC2)n(C)c1=O. The third-order valence-corrected chi connectivity index (χ3v) is 6.47. The van der Waals surface area contributed by atoms with Crippen molar-refractivity contribution in [2.24, 2.45) is 13.0 Å². The van der Waals surface area contributed by atoms with Crippen molar-refractivity contribution in [1.29, 1.82) is 0 Å². The van der Waals surface area contributed by atoms with Crippen LogP contribution in [0.15, 0.2) is 9.59 Å². The van der Waals surface area contributed by atoms with Gasteiger partial charge in [0.2, 0.25) is 5.95 Å². The van der Waals surface area contributed by atoms with Gasteiger partial charge in [0.15, 0.2) is 11.2 Å². The molecule has 2 aromatic rings. The summed E-state index contributed by atoms with van der Waals surface area (Å²) < 4.78 is 5.07. The van der Waals surface area contributed by atoms with Crippen LogP contribution in [-0.4, -0.2) is 31.3 Å². The molecule has 7 heteroatoms. The molecule has 3 heterocycles. The normalized spacial score (nSPS) is 20.7. The summed E-state index contributed by atoms with van der Waals surface area (Å²) in [6.07, 6.45) is 9.15. The smallest absolute Gasteiger partial charge is 0.332 e. The van der Waals surface area contributed by atoms with E-state index in [1.54, 1.807) is 11.6 Å². The number of imidazole rings is 1. The zero-order chi connectivity index (χ0) is 19.8. The summed E-state index contributed by atoms with van der Waals surface area (Å²) in [5.74, 6) is 1.34. The number of unbranched alkanes of at least 4 members (excludes halogenated alkanes) is 2. The van der Waals surface area contributed by atoms with E-state index in [9.17, 15) is 9.59 Å². The lowest BCUT2D eigenvalue weighted by atomic mass is 9.93. The summed E-state index contributed by atoms with van der Waals surface area (Å²) in [6.45, 7) is 6.62. The van der Waals surface area contributed by atoms with E-state index < -0.39 is 0 Å². The Bertz CT molecular complexity index is 964. The molecule has 0 spiro atoms. The summed E-state index contributed by atoms with van der Waals surface area (Å²) >= 11 is 0. The lowest BCUT2D eigenvalue weighted by Gasteiger charge is -2.40. The highest BCUT2D eigenvalue weighted by Crippen LogP contribution is 2.32. The van der Waals surface area contributed by atoms with Crippen LogP contribution in [0.25, 0.3) is 11.2 Å². The van der Waals surface area contributed by atoms with Crippen LogP contribution in [0.5, 0.6) is 0 Å². The van der Waals surface area contributed by atoms with Crippen LogP contribution >= 0.6 is 0 Å². The van der Waals surface area contributed by atoms with E-state index in [0.29, 0.717) is 29.7 Å². The largest absolute Gasteiger partial charge is 0.339 e. The average molecular weight is 388 g/mol. The molecule has 1 atom stereocenters. The zero-order valence-electron chi connectivity index (χ0n) is 17.5. The van der Waals surface area contributed by atoms with Gasteiger partial charge < -0.3 is 9.47 Å². The Morgan fingerprint density at radius 1 is 1.07 bits per heavy atom. The fourth-order valence-electron chi connectivity index (χ4n) is 4.96. The first kappa shape index (κ1) is 19.3. The Labute approximate surface area is 166 Å². The second-order valence-corrected chi connectivity index (χ2v) is 8.75. The van der Waals surface area contributed by atoms with E-state index in [1.807, 2.05) is 0 Å². The number of aromatic nitrogens is 4. The molecule has 154 valence electrons. The zero-order valence-corrected chi connectivity index (χ0v) is 17.5. The molecule has 1 aliphatic carbocycles. The van der Waals surface area contributed by atoms with Gasteiger partial charge in [-0.2, -0.15) is 4.98 Å². The molecular weight excluding hydrogens is 354 g/mol. The minimum absolute atomic E-state index is 0.175. The van der Waals surface area contributed by atoms with Gasteiger partial charge in [-0.05, 0) is 25.2 Å². The predicted octanol–water partition coefficient (Wildman–Crippen LogP) is 2.88. The molecule has 1 saturated carbocycles. The number of rotatable bonds is 5. The molecule has 0 bridgehead atoms. The summed E-state index contributed by atoms with van der Waals surface area (Å²) in [5.41, 5.74) is 0.708. The van der Waals surface area contributed by atoms with Gasteiger partial charge in [-0.1, -0.05) is 46.0 Å². The summed E-state index contributed by atoms with van der Waals surface area (Å²) in [7, 11) is 1.74. The van der Waals surface area contributed by atoms with Crippen LogP contribution < -0.4 is 16.1 Å². The van der Waals surface area contributed by atoms with Crippen LogP contribution in [0.1, 0.15) is 65.2 Å². The van der Waals surface area contributed by atoms with Gasteiger partial charge >= 0.3 is 5.69 Å². The maximum Gasteiger partial charge on any atom is 0.332 e. The van der Waals surface area contributed by atoms with Crippen LogP contribution in [0.3, 0.4) is 0 Å². The molecule has 0 amide bonds. The molecule has 4 rings (SSSR count). The van der Waals surface area contributed by atoms with Crippen LogP contribution in [0.4, 0.5) is 5.95 Å². The summed E-state index contributed by atoms with van der Waals surface area (Å²) in [5, 5.41) is 0. The van der Waals surface area contributed by atoms with Gasteiger partial charge in [-0.15, -0.1) is 0 Å². The molecule has 1 unspecified atom stereocenters. The lowest BCUT2D eigenvalue weighted by molar-refractivity contribution is 0.354. The van der Waals surface area contributed by atoms with E-state index in [-0.39, 0.29) is 11.2 Å². The molecule has 28 heavy (non-hydrogen) atoms. The van der Waals surface area contributed by atoms with Crippen molar-refractivity contribution in [3.05, 3.63) is 20.8 Å². The summed E-state index contributed by atoms with van der Waals surface area (Å²) in [4.78, 5) is 33.4. The highest BCUT2D eigenvalue weighted by Gasteiger charge is 2.33. The van der Waals surface area contributed by atoms with E-state index in [2.05, 4.69) is 23.3 Å². The Hall–Kier alpha value is -2.05. The van der Waals surface area contributed by atoms with Crippen molar-refractivity contribution < 1.29 is 0 Å². The van der Waals surface area contributed by atoms with Gasteiger partial charge in [-0.3, -0.25) is 13.9 Å². The standard InChI is InChI=1S/C21H33N5O2/c1-4-5-9-12-24-19(27)17-18(23(3)21(24)28)22-20-25(13-15(2)14-26(17)20)16-10-7-6-8-11-16/h15-16H,4-14H2,1-3H3. The van der Waals surface area contributed by atoms with Crippen molar-refractivity contribution in [2.45, 2.75) is 84.3 Å². The van der Waals surface area contributed by atoms with E-state index in [0.717, 1.165) is 38.3 Å². The van der Waals surface area contributed by atoms with Gasteiger partial charge in [0.25, 0.3) is 5.56 Å². The van der Waals surface area contributed by atoms with Gasteiger partial charge in [-0.25, -0.2) is 4.79 Å². The molecule has 7 nitrogen and oxygen atoms in total. The van der Waals surface area contributed by atoms with Crippen molar-refractivity contribution in [3.63, 3.8) is 0 Å². The third-order valence-electron chi connectivity index (χ3n) is 6.47. The minimum Gasteiger partial charge on any atom is -0.339 e. The molecular formula is C21H33N5O2. The monoisotopic (exact) mass is 387 g/mol. The summed E-state index contributed by atoms with van der Waals surface area (Å²) in [6, 6.07) is 0.496. The highest BCUT2D eigenvalue weighted by atomic mass is 16.2. The van der Waals surface area contributed by atoms with E-state index in [4.69, 9.17) is 4.98 Å². The fourth-order valence-corrected chi connectivity index (χ4v) is 4.96. The first-order chi connectivity index (χ1) is 13.5. The lowest BCUT2D eigenvalue weighted by Crippen LogP contribution is -2.45. The highest BCUT2D eigenvalue weighted by molar-refractivity contribution is 5.75. The number of hydrogen-bond acceptors (Lipinski definition) is 4. The average Bonchev–Trinajstić information content (AvgIpc) is 3.08. The van der Waals surface area contributed by atoms with Crippen LogP contribution in [-0.2, 0) is 20.1 Å². The first-order valence-corrected chi connectivity index (χ1v) is 11.0. The third kappa shape index (κ3) is 3.18. The minimum atomic E-state index is -0.249. The number of nitrogens with zero attached hydrogens (tertiary/aromatic N) is 5. The van der Waals surface area contributed by atoms with Crippen molar-refractivity contribution in [3.8, 4) is 0 Å². The number of aryl methyl sites for hydroxylation is 1. The molecule has 1 fully saturated rings. The Morgan fingerprint density at radius 2 is 1.82 bits per heavy atom. The molecule has 0 aromatic carbocycles. The Balaban J connectivity index is 1.85. The van der Waals surface area contributed by atoms with Crippen LogP contribution in [0.2, 0.25) is 0 Å². The molecule has 2 aliphatic rings. The molecule has 1 aliphatic heterocycles. The maximum absolute atomic E-state index is 13.3. The second kappa shape index (κ2) is 7.76. The Kier molecular flexibility index (Phi) is 5.34. The van der Waals surface area contributed by atoms with E-state index in [1.165, 1.54) is 36.7 Å². The van der Waals surface area contributed by atoms with Crippen molar-refractivity contribution >= 4 is 17.1 Å². The predicted molar refractivity (Wildman–Crippen MR) is 112 cm³/mol. The van der Waals surface area contributed by atoms with Gasteiger partial charge in [0, 0.05) is 32.7 Å². The number of fused-ring (bicyclic) bond motifs is 3. The van der Waals surface area contributed by atoms with E-state index >= 15 is 0 Å². The number of hydrogen-bond donors (Lipinski definition) is 0. The van der Waals surface area contributed by atoms with Crippen LogP contribution in [0, 0.1) is 5.92 Å². The molecule has 2 aromatic heterocycles. The quantitative estimate of drug-likeness (QED) is 0.740. The molecule has 0 radical (unpaired) electrons. The fraction of sp³-hybridized carbons (Fsp3) is 0.762. The van der Waals surface area contributed by atoms with Gasteiger partial charge in [0.1, 0.15) is 0 Å². The second-order valence-electron chi connectivity index (χ2n) is 8.75. The molecule has 0 N–H and O–H groups in total. The number of anilines is 1. The Morgan fingerprint density at radius 3 is 2.54 bits per heavy atom. The topological polar surface area (TPSA) is 65.1 Å². The maximum atomic E-state index is 13.3. The van der Waals surface area contributed by atoms with Crippen molar-refractivity contribution in [1.82, 2.24) is 18.7 Å². The first-order valence-electron chi connectivity index (χ1n) is 11.0. The van der Waals surface area contributed by atoms with Crippen molar-refractivity contribution in [2.75, 3.05) is 11.4 Å².